The van der Waals surface area contributed by atoms with E-state index >= 15 is 0 Å². The summed E-state index contributed by atoms with van der Waals surface area (Å²) >= 11 is 0. The molecule has 1 saturated heterocycles. The highest BCUT2D eigenvalue weighted by Crippen LogP contribution is 2.53. The van der Waals surface area contributed by atoms with Crippen LogP contribution in [0.3, 0.4) is 0 Å². The van der Waals surface area contributed by atoms with Crippen LogP contribution in [-0.4, -0.2) is 47.2 Å². The van der Waals surface area contributed by atoms with E-state index in [-0.39, 0.29) is 30.3 Å². The number of alkyl halides is 2. The molecule has 2 heterocycles. The Morgan fingerprint density at radius 1 is 1.15 bits per heavy atom. The molecule has 2 N–H and O–H groups in total. The number of nitrogens with zero attached hydrogens (tertiary/aromatic N) is 1. The van der Waals surface area contributed by atoms with Gasteiger partial charge >= 0.3 is 0 Å². The van der Waals surface area contributed by atoms with Crippen LogP contribution in [0.2, 0.25) is 0 Å². The van der Waals surface area contributed by atoms with Crippen molar-refractivity contribution in [2.24, 2.45) is 11.3 Å². The lowest BCUT2D eigenvalue weighted by molar-refractivity contribution is -0.136. The van der Waals surface area contributed by atoms with Gasteiger partial charge in [0.25, 0.3) is 5.91 Å². The SMILES string of the molecule is C[C@@H](N[C@H]1CCCC[C@@H]1Cc1ccc2c(c1)CN(C1CCC(=O)NC1=O)C2=O)C1(C(F)F)CC1. The molecule has 4 atom stereocenters. The van der Waals surface area contributed by atoms with Gasteiger partial charge in [-0.05, 0) is 68.6 Å². The molecule has 6 nitrogen and oxygen atoms in total. The van der Waals surface area contributed by atoms with Gasteiger partial charge in [-0.1, -0.05) is 25.0 Å². The Kier molecular flexibility index (Phi) is 6.21. The molecule has 2 saturated carbocycles. The van der Waals surface area contributed by atoms with Gasteiger partial charge in [-0.3, -0.25) is 19.7 Å². The molecule has 2 aliphatic carbocycles. The van der Waals surface area contributed by atoms with Crippen LogP contribution >= 0.6 is 0 Å². The van der Waals surface area contributed by atoms with Crippen molar-refractivity contribution in [1.82, 2.24) is 15.5 Å². The van der Waals surface area contributed by atoms with Crippen molar-refractivity contribution < 1.29 is 23.2 Å². The largest absolute Gasteiger partial charge is 0.322 e. The van der Waals surface area contributed by atoms with Crippen LogP contribution in [0.1, 0.15) is 79.8 Å². The normalized spacial score (nSPS) is 29.2. The molecule has 0 bridgehead atoms. The van der Waals surface area contributed by atoms with E-state index < -0.39 is 23.8 Å². The second kappa shape index (κ2) is 9.02. The van der Waals surface area contributed by atoms with Crippen molar-refractivity contribution in [3.8, 4) is 0 Å². The molecular formula is C26H33F2N3O3. The summed E-state index contributed by atoms with van der Waals surface area (Å²) in [5, 5.41) is 5.91. The minimum absolute atomic E-state index is 0.163. The summed E-state index contributed by atoms with van der Waals surface area (Å²) in [4.78, 5) is 38.3. The number of carbonyl (C=O) groups excluding carboxylic acids is 3. The molecule has 1 unspecified atom stereocenters. The van der Waals surface area contributed by atoms with Crippen LogP contribution in [0, 0.1) is 11.3 Å². The number of piperidine rings is 1. The zero-order chi connectivity index (χ0) is 24.0. The number of fused-ring (bicyclic) bond motifs is 1. The molecule has 184 valence electrons. The van der Waals surface area contributed by atoms with E-state index in [1.54, 1.807) is 4.90 Å². The highest BCUT2D eigenvalue weighted by Gasteiger charge is 2.55. The van der Waals surface area contributed by atoms with Crippen molar-refractivity contribution in [3.63, 3.8) is 0 Å². The lowest BCUT2D eigenvalue weighted by Gasteiger charge is -2.37. The van der Waals surface area contributed by atoms with E-state index in [1.807, 2.05) is 19.1 Å². The maximum absolute atomic E-state index is 13.6. The van der Waals surface area contributed by atoms with Gasteiger partial charge in [0.1, 0.15) is 6.04 Å². The highest BCUT2D eigenvalue weighted by molar-refractivity contribution is 6.05. The van der Waals surface area contributed by atoms with Crippen molar-refractivity contribution >= 4 is 17.7 Å². The predicted molar refractivity (Wildman–Crippen MR) is 122 cm³/mol. The number of rotatable bonds is 7. The lowest BCUT2D eigenvalue weighted by Crippen LogP contribution is -2.52. The molecule has 4 aliphatic rings. The molecule has 5 rings (SSSR count). The maximum Gasteiger partial charge on any atom is 0.255 e. The van der Waals surface area contributed by atoms with Crippen molar-refractivity contribution in [3.05, 3.63) is 34.9 Å². The smallest absolute Gasteiger partial charge is 0.255 e. The summed E-state index contributed by atoms with van der Waals surface area (Å²) in [6, 6.07) is 5.31. The van der Waals surface area contributed by atoms with Crippen LogP contribution in [0.25, 0.3) is 0 Å². The van der Waals surface area contributed by atoms with Crippen LogP contribution in [0.5, 0.6) is 0 Å². The molecular weight excluding hydrogens is 440 g/mol. The van der Waals surface area contributed by atoms with Gasteiger partial charge in [-0.15, -0.1) is 0 Å². The topological polar surface area (TPSA) is 78.5 Å². The number of imide groups is 1. The van der Waals surface area contributed by atoms with Gasteiger partial charge in [0.15, 0.2) is 0 Å². The van der Waals surface area contributed by atoms with Gasteiger partial charge in [0.2, 0.25) is 18.2 Å². The highest BCUT2D eigenvalue weighted by atomic mass is 19.3. The van der Waals surface area contributed by atoms with Crippen LogP contribution in [-0.2, 0) is 22.6 Å². The van der Waals surface area contributed by atoms with Crippen molar-refractivity contribution in [1.29, 1.82) is 0 Å². The first kappa shape index (κ1) is 23.4. The van der Waals surface area contributed by atoms with E-state index in [1.165, 1.54) is 0 Å². The van der Waals surface area contributed by atoms with E-state index in [4.69, 9.17) is 0 Å². The molecule has 2 aliphatic heterocycles. The third-order valence-corrected chi connectivity index (χ3v) is 8.58. The summed E-state index contributed by atoms with van der Waals surface area (Å²) in [7, 11) is 0. The first-order valence-corrected chi connectivity index (χ1v) is 12.6. The Balaban J connectivity index is 1.26. The first-order chi connectivity index (χ1) is 16.3. The third kappa shape index (κ3) is 4.25. The second-order valence-electron chi connectivity index (χ2n) is 10.7. The van der Waals surface area contributed by atoms with E-state index in [0.29, 0.717) is 37.3 Å². The zero-order valence-electron chi connectivity index (χ0n) is 19.6. The summed E-state index contributed by atoms with van der Waals surface area (Å²) in [5.41, 5.74) is 1.82. The fraction of sp³-hybridized carbons (Fsp3) is 0.654. The number of halogens is 2. The zero-order valence-corrected chi connectivity index (χ0v) is 19.6. The molecule has 0 aromatic heterocycles. The molecule has 3 amide bonds. The maximum atomic E-state index is 13.6. The number of hydrogen-bond acceptors (Lipinski definition) is 4. The molecule has 3 fully saturated rings. The van der Waals surface area contributed by atoms with Gasteiger partial charge in [-0.2, -0.15) is 0 Å². The average molecular weight is 474 g/mol. The van der Waals surface area contributed by atoms with Gasteiger partial charge in [-0.25, -0.2) is 8.78 Å². The second-order valence-corrected chi connectivity index (χ2v) is 10.7. The number of nitrogens with one attached hydrogen (secondary N) is 2. The fourth-order valence-corrected chi connectivity index (χ4v) is 6.20. The average Bonchev–Trinajstić information content (AvgIpc) is 3.56. The Labute approximate surface area is 198 Å². The van der Waals surface area contributed by atoms with Gasteiger partial charge < -0.3 is 10.2 Å². The Morgan fingerprint density at radius 2 is 1.91 bits per heavy atom. The Bertz CT molecular complexity index is 994. The number of carbonyl (C=O) groups is 3. The van der Waals surface area contributed by atoms with Gasteiger partial charge in [0.05, 0.1) is 0 Å². The van der Waals surface area contributed by atoms with E-state index in [2.05, 4.69) is 16.7 Å². The Hall–Kier alpha value is -2.35. The van der Waals surface area contributed by atoms with E-state index in [0.717, 1.165) is 43.2 Å². The number of hydrogen-bond donors (Lipinski definition) is 2. The lowest BCUT2D eigenvalue weighted by atomic mass is 9.79. The van der Waals surface area contributed by atoms with Crippen molar-refractivity contribution in [2.45, 2.75) is 95.8 Å². The van der Waals surface area contributed by atoms with Crippen LogP contribution in [0.15, 0.2) is 18.2 Å². The third-order valence-electron chi connectivity index (χ3n) is 8.58. The summed E-state index contributed by atoms with van der Waals surface area (Å²) in [5.74, 6) is -0.492. The van der Waals surface area contributed by atoms with Gasteiger partial charge in [0, 0.05) is 36.0 Å². The Morgan fingerprint density at radius 3 is 2.62 bits per heavy atom. The number of benzene rings is 1. The molecule has 1 aromatic carbocycles. The summed E-state index contributed by atoms with van der Waals surface area (Å²) in [6.45, 7) is 2.28. The minimum atomic E-state index is -2.28. The molecule has 1 aromatic rings. The van der Waals surface area contributed by atoms with E-state index in [9.17, 15) is 23.2 Å². The predicted octanol–water partition coefficient (Wildman–Crippen LogP) is 3.57. The first-order valence-electron chi connectivity index (χ1n) is 12.6. The summed E-state index contributed by atoms with van der Waals surface area (Å²) < 4.78 is 27.2. The monoisotopic (exact) mass is 473 g/mol. The number of amides is 3. The molecule has 8 heteroatoms. The molecule has 34 heavy (non-hydrogen) atoms. The van der Waals surface area contributed by atoms with Crippen molar-refractivity contribution in [2.75, 3.05) is 0 Å². The minimum Gasteiger partial charge on any atom is -0.322 e. The molecule has 0 radical (unpaired) electrons. The molecule has 0 spiro atoms. The summed E-state index contributed by atoms with van der Waals surface area (Å²) in [6.07, 6.45) is 4.66. The fourth-order valence-electron chi connectivity index (χ4n) is 6.20. The van der Waals surface area contributed by atoms with Crippen LogP contribution < -0.4 is 10.6 Å². The van der Waals surface area contributed by atoms with Crippen LogP contribution in [0.4, 0.5) is 8.78 Å². The standard InChI is InChI=1S/C26H33F2N3O3/c1-15(26(10-11-26)25(27)28)29-20-5-3-2-4-17(20)12-16-6-7-19-18(13-16)14-31(24(19)34)21-8-9-22(32)30-23(21)33/h6-7,13,15,17,20-21,25,29H,2-5,8-12,14H2,1H3,(H,30,32,33)/t15-,17-,20+,21?/m1/s1. The quantitative estimate of drug-likeness (QED) is 0.594.